The van der Waals surface area contributed by atoms with Crippen molar-refractivity contribution in [3.63, 3.8) is 0 Å². The summed E-state index contributed by atoms with van der Waals surface area (Å²) in [5.41, 5.74) is 0.687. The Morgan fingerprint density at radius 3 is 2.54 bits per heavy atom. The molecule has 28 heavy (non-hydrogen) atoms. The molecule has 8 heteroatoms. The van der Waals surface area contributed by atoms with E-state index in [1.165, 1.54) is 0 Å². The third-order valence-electron chi connectivity index (χ3n) is 4.58. The summed E-state index contributed by atoms with van der Waals surface area (Å²) in [6.07, 6.45) is 1.90. The zero-order valence-corrected chi connectivity index (χ0v) is 17.3. The molecule has 1 aliphatic heterocycles. The van der Waals surface area contributed by atoms with E-state index in [1.807, 2.05) is 0 Å². The fourth-order valence-corrected chi connectivity index (χ4v) is 4.01. The number of carbonyl (C=O) groups excluding carboxylic acids is 1. The minimum absolute atomic E-state index is 0. The van der Waals surface area contributed by atoms with Crippen molar-refractivity contribution in [3.8, 4) is 11.5 Å². The van der Waals surface area contributed by atoms with Crippen molar-refractivity contribution in [2.24, 2.45) is 5.92 Å². The van der Waals surface area contributed by atoms with Gasteiger partial charge in [0.15, 0.2) is 9.84 Å². The molecule has 1 unspecified atom stereocenters. The number of piperidine rings is 1. The van der Waals surface area contributed by atoms with E-state index in [4.69, 9.17) is 4.74 Å². The molecule has 2 N–H and O–H groups in total. The summed E-state index contributed by atoms with van der Waals surface area (Å²) in [7, 11) is -3.37. The van der Waals surface area contributed by atoms with Crippen molar-refractivity contribution in [1.29, 1.82) is 0 Å². The molecule has 1 amide bonds. The normalized spacial score (nSPS) is 16.7. The first kappa shape index (κ1) is 22.2. The number of carbonyl (C=O) groups is 1. The maximum absolute atomic E-state index is 12.3. The zero-order valence-electron chi connectivity index (χ0n) is 15.7. The molecule has 1 heterocycles. The van der Waals surface area contributed by atoms with Crippen LogP contribution in [0.1, 0.15) is 19.8 Å². The molecule has 1 atom stereocenters. The fraction of sp³-hybridized carbons (Fsp3) is 0.350. The number of amides is 1. The van der Waals surface area contributed by atoms with Gasteiger partial charge < -0.3 is 15.4 Å². The van der Waals surface area contributed by atoms with Gasteiger partial charge in [0.25, 0.3) is 0 Å². The standard InChI is InChI=1S/C20H24N2O4S.ClH/c1-2-27(24,25)19-8-4-3-7-18(19)26-17-11-9-16(10-12-17)22-20(23)15-6-5-13-21-14-15;/h3-4,7-12,15,21H,2,5-6,13-14H2,1H3,(H,22,23);1H. The average molecular weight is 425 g/mol. The van der Waals surface area contributed by atoms with Crippen LogP contribution in [0, 0.1) is 5.92 Å². The van der Waals surface area contributed by atoms with Crippen LogP contribution in [0.3, 0.4) is 0 Å². The molecule has 152 valence electrons. The Morgan fingerprint density at radius 2 is 1.89 bits per heavy atom. The molecule has 0 aliphatic carbocycles. The number of halogens is 1. The number of anilines is 1. The number of ether oxygens (including phenoxy) is 1. The number of benzene rings is 2. The molecule has 1 saturated heterocycles. The van der Waals surface area contributed by atoms with Gasteiger partial charge in [0.1, 0.15) is 16.4 Å². The summed E-state index contributed by atoms with van der Waals surface area (Å²) in [6, 6.07) is 13.5. The molecule has 0 bridgehead atoms. The Bertz CT molecular complexity index is 895. The lowest BCUT2D eigenvalue weighted by atomic mass is 9.99. The molecule has 2 aromatic carbocycles. The lowest BCUT2D eigenvalue weighted by Crippen LogP contribution is -2.37. The highest BCUT2D eigenvalue weighted by atomic mass is 35.5. The Hall–Kier alpha value is -2.09. The smallest absolute Gasteiger partial charge is 0.228 e. The highest BCUT2D eigenvalue weighted by Gasteiger charge is 2.21. The summed E-state index contributed by atoms with van der Waals surface area (Å²) in [5, 5.41) is 6.15. The molecule has 6 nitrogen and oxygen atoms in total. The van der Waals surface area contributed by atoms with Gasteiger partial charge >= 0.3 is 0 Å². The molecule has 1 aliphatic rings. The predicted octanol–water partition coefficient (Wildman–Crippen LogP) is 3.63. The highest BCUT2D eigenvalue weighted by molar-refractivity contribution is 7.91. The van der Waals surface area contributed by atoms with Gasteiger partial charge in [0.05, 0.1) is 11.7 Å². The Kier molecular flexibility index (Phi) is 7.86. The first-order valence-corrected chi connectivity index (χ1v) is 10.8. The predicted molar refractivity (Wildman–Crippen MR) is 112 cm³/mol. The van der Waals surface area contributed by atoms with Crippen LogP contribution in [-0.2, 0) is 14.6 Å². The van der Waals surface area contributed by atoms with Crippen molar-refractivity contribution in [2.75, 3.05) is 24.2 Å². The molecule has 3 rings (SSSR count). The fourth-order valence-electron chi connectivity index (χ4n) is 3.00. The number of rotatable bonds is 6. The summed E-state index contributed by atoms with van der Waals surface area (Å²) >= 11 is 0. The van der Waals surface area contributed by atoms with E-state index in [9.17, 15) is 13.2 Å². The van der Waals surface area contributed by atoms with Gasteiger partial charge in [-0.15, -0.1) is 12.4 Å². The third kappa shape index (κ3) is 5.47. The number of sulfone groups is 1. The first-order valence-electron chi connectivity index (χ1n) is 9.11. The van der Waals surface area contributed by atoms with Crippen LogP contribution in [0.5, 0.6) is 11.5 Å². The van der Waals surface area contributed by atoms with E-state index in [-0.39, 0.29) is 34.9 Å². The van der Waals surface area contributed by atoms with E-state index in [1.54, 1.807) is 55.5 Å². The number of para-hydroxylation sites is 1. The molecule has 0 aromatic heterocycles. The molecule has 0 saturated carbocycles. The van der Waals surface area contributed by atoms with Gasteiger partial charge in [0.2, 0.25) is 5.91 Å². The van der Waals surface area contributed by atoms with E-state index in [2.05, 4.69) is 10.6 Å². The highest BCUT2D eigenvalue weighted by Crippen LogP contribution is 2.30. The molecular weight excluding hydrogens is 400 g/mol. The maximum Gasteiger partial charge on any atom is 0.228 e. The second kappa shape index (κ2) is 9.91. The molecule has 0 spiro atoms. The Labute approximate surface area is 172 Å². The van der Waals surface area contributed by atoms with E-state index in [0.29, 0.717) is 23.7 Å². The van der Waals surface area contributed by atoms with Gasteiger partial charge in [-0.25, -0.2) is 8.42 Å². The van der Waals surface area contributed by atoms with Crippen molar-refractivity contribution < 1.29 is 17.9 Å². The summed E-state index contributed by atoms with van der Waals surface area (Å²) in [4.78, 5) is 12.5. The second-order valence-corrected chi connectivity index (χ2v) is 8.76. The monoisotopic (exact) mass is 424 g/mol. The lowest BCUT2D eigenvalue weighted by Gasteiger charge is -2.21. The summed E-state index contributed by atoms with van der Waals surface area (Å²) < 4.78 is 30.2. The van der Waals surface area contributed by atoms with Crippen molar-refractivity contribution >= 4 is 33.8 Å². The molecule has 2 aromatic rings. The van der Waals surface area contributed by atoms with Crippen LogP contribution in [0.25, 0.3) is 0 Å². The van der Waals surface area contributed by atoms with Gasteiger partial charge in [0, 0.05) is 12.2 Å². The second-order valence-electron chi connectivity index (χ2n) is 6.51. The SMILES string of the molecule is CCS(=O)(=O)c1ccccc1Oc1ccc(NC(=O)C2CCCNC2)cc1.Cl. The lowest BCUT2D eigenvalue weighted by molar-refractivity contribution is -0.120. The van der Waals surface area contributed by atoms with Gasteiger partial charge in [-0.3, -0.25) is 4.79 Å². The summed E-state index contributed by atoms with van der Waals surface area (Å²) in [5.74, 6) is 0.806. The molecule has 0 radical (unpaired) electrons. The van der Waals surface area contributed by atoms with Crippen LogP contribution in [0.2, 0.25) is 0 Å². The minimum atomic E-state index is -3.37. The van der Waals surface area contributed by atoms with Crippen molar-refractivity contribution in [2.45, 2.75) is 24.7 Å². The van der Waals surface area contributed by atoms with E-state index >= 15 is 0 Å². The van der Waals surface area contributed by atoms with Gasteiger partial charge in [-0.1, -0.05) is 19.1 Å². The molecule has 1 fully saturated rings. The summed E-state index contributed by atoms with van der Waals surface area (Å²) in [6.45, 7) is 3.27. The zero-order chi connectivity index (χ0) is 19.3. The number of nitrogens with one attached hydrogen (secondary N) is 2. The van der Waals surface area contributed by atoms with E-state index < -0.39 is 9.84 Å². The number of hydrogen-bond donors (Lipinski definition) is 2. The first-order chi connectivity index (χ1) is 13.0. The van der Waals surface area contributed by atoms with E-state index in [0.717, 1.165) is 19.4 Å². The topological polar surface area (TPSA) is 84.5 Å². The van der Waals surface area contributed by atoms with Crippen LogP contribution in [0.15, 0.2) is 53.4 Å². The van der Waals surface area contributed by atoms with Crippen molar-refractivity contribution in [1.82, 2.24) is 5.32 Å². The third-order valence-corrected chi connectivity index (χ3v) is 6.35. The average Bonchev–Trinajstić information content (AvgIpc) is 2.70. The maximum atomic E-state index is 12.3. The minimum Gasteiger partial charge on any atom is -0.456 e. The largest absolute Gasteiger partial charge is 0.456 e. The van der Waals surface area contributed by atoms with Gasteiger partial charge in [-0.05, 0) is 55.8 Å². The van der Waals surface area contributed by atoms with Gasteiger partial charge in [-0.2, -0.15) is 0 Å². The quantitative estimate of drug-likeness (QED) is 0.739. The Morgan fingerprint density at radius 1 is 1.18 bits per heavy atom. The molecular formula is C20H25ClN2O4S. The van der Waals surface area contributed by atoms with Crippen LogP contribution in [-0.4, -0.2) is 33.2 Å². The number of hydrogen-bond acceptors (Lipinski definition) is 5. The van der Waals surface area contributed by atoms with Crippen LogP contribution >= 0.6 is 12.4 Å². The Balaban J connectivity index is 0.00000280. The van der Waals surface area contributed by atoms with Crippen LogP contribution in [0.4, 0.5) is 5.69 Å². The van der Waals surface area contributed by atoms with Crippen molar-refractivity contribution in [3.05, 3.63) is 48.5 Å². The van der Waals surface area contributed by atoms with Crippen LogP contribution < -0.4 is 15.4 Å².